The molecule has 3 heterocycles. The van der Waals surface area contributed by atoms with Gasteiger partial charge in [0.05, 0.1) is 11.3 Å². The molecule has 2 bridgehead atoms. The van der Waals surface area contributed by atoms with Gasteiger partial charge in [-0.05, 0) is 56.2 Å². The molecule has 2 amide bonds. The van der Waals surface area contributed by atoms with E-state index in [0.717, 1.165) is 42.5 Å². The number of halogens is 1. The number of benzene rings is 1. The van der Waals surface area contributed by atoms with Gasteiger partial charge < -0.3 is 20.3 Å². The number of hydrogen-bond donors (Lipinski definition) is 2. The summed E-state index contributed by atoms with van der Waals surface area (Å²) in [6.45, 7) is 2.22. The van der Waals surface area contributed by atoms with Crippen molar-refractivity contribution in [2.45, 2.75) is 56.6 Å². The number of amides is 2. The highest BCUT2D eigenvalue weighted by Gasteiger charge is 2.44. The first-order valence-corrected chi connectivity index (χ1v) is 11.0. The summed E-state index contributed by atoms with van der Waals surface area (Å²) in [7, 11) is 1.57. The Hall–Kier alpha value is -3.18. The number of aliphatic hydroxyl groups excluding tert-OH is 1. The van der Waals surface area contributed by atoms with E-state index in [-0.39, 0.29) is 23.4 Å². The molecular weight excluding hydrogens is 411 g/mol. The number of carbonyl (C=O) groups is 2. The van der Waals surface area contributed by atoms with Crippen molar-refractivity contribution >= 4 is 11.8 Å². The quantitative estimate of drug-likeness (QED) is 0.718. The first-order valence-electron chi connectivity index (χ1n) is 11.0. The topological polar surface area (TPSA) is 101 Å². The summed E-state index contributed by atoms with van der Waals surface area (Å²) < 4.78 is 17.1. The van der Waals surface area contributed by atoms with Crippen molar-refractivity contribution in [3.05, 3.63) is 40.5 Å². The third kappa shape index (κ3) is 3.19. The molecule has 2 aliphatic carbocycles. The second kappa shape index (κ2) is 7.45. The van der Waals surface area contributed by atoms with Crippen LogP contribution in [0.5, 0.6) is 0 Å². The smallest absolute Gasteiger partial charge is 0.269 e. The Kier molecular flexibility index (Phi) is 4.82. The van der Waals surface area contributed by atoms with Gasteiger partial charge >= 0.3 is 0 Å². The number of rotatable bonds is 4. The van der Waals surface area contributed by atoms with E-state index in [1.165, 1.54) is 11.0 Å². The van der Waals surface area contributed by atoms with Gasteiger partial charge in [0.15, 0.2) is 6.10 Å². The number of hydrogen-bond acceptors (Lipinski definition) is 4. The second-order valence-electron chi connectivity index (χ2n) is 8.94. The lowest BCUT2D eigenvalue weighted by Gasteiger charge is -2.35. The van der Waals surface area contributed by atoms with Crippen molar-refractivity contribution in [2.75, 3.05) is 13.6 Å². The molecule has 6 rings (SSSR count). The summed E-state index contributed by atoms with van der Waals surface area (Å²) in [6, 6.07) is 3.33. The first-order chi connectivity index (χ1) is 15.3. The molecule has 2 saturated carbocycles. The van der Waals surface area contributed by atoms with Gasteiger partial charge in [-0.1, -0.05) is 11.8 Å². The molecule has 32 heavy (non-hydrogen) atoms. The van der Waals surface area contributed by atoms with Crippen LogP contribution in [0.4, 0.5) is 4.39 Å². The number of nitrogens with two attached hydrogens (primary N) is 1. The van der Waals surface area contributed by atoms with Gasteiger partial charge in [0.1, 0.15) is 17.3 Å². The Morgan fingerprint density at radius 1 is 1.34 bits per heavy atom. The number of nitrogens with zero attached hydrogens (tertiary/aromatic N) is 3. The monoisotopic (exact) mass is 436 g/mol. The van der Waals surface area contributed by atoms with Crippen molar-refractivity contribution in [1.29, 1.82) is 0 Å². The molecule has 7 nitrogen and oxygen atoms in total. The molecule has 2 aromatic rings. The third-order valence-electron chi connectivity index (χ3n) is 6.87. The number of aliphatic hydroxyl groups is 1. The maximum atomic E-state index is 14.9. The number of likely N-dealkylation sites (N-methyl/N-ethyl adjacent to an activating group) is 1. The van der Waals surface area contributed by atoms with E-state index in [1.54, 1.807) is 20.0 Å². The van der Waals surface area contributed by atoms with Crippen LogP contribution in [0.3, 0.4) is 0 Å². The molecule has 3 N–H and O–H groups in total. The predicted molar refractivity (Wildman–Crippen MR) is 115 cm³/mol. The lowest BCUT2D eigenvalue weighted by Crippen LogP contribution is -2.35. The van der Waals surface area contributed by atoms with Crippen molar-refractivity contribution in [3.63, 3.8) is 0 Å². The maximum Gasteiger partial charge on any atom is 0.269 e. The Bertz CT molecular complexity index is 1200. The van der Waals surface area contributed by atoms with Crippen molar-refractivity contribution in [2.24, 2.45) is 5.73 Å². The average Bonchev–Trinajstić information content (AvgIpc) is 3.53. The summed E-state index contributed by atoms with van der Waals surface area (Å²) in [6.07, 6.45) is 2.22. The zero-order valence-corrected chi connectivity index (χ0v) is 18.1. The minimum atomic E-state index is -1.53. The molecule has 1 atom stereocenters. The molecule has 1 aromatic heterocycles. The van der Waals surface area contributed by atoms with Crippen LogP contribution < -0.4 is 5.73 Å². The summed E-state index contributed by atoms with van der Waals surface area (Å²) in [5.41, 5.74) is 8.53. The van der Waals surface area contributed by atoms with Crippen molar-refractivity contribution in [3.8, 4) is 23.2 Å². The van der Waals surface area contributed by atoms with E-state index in [4.69, 9.17) is 5.73 Å². The Labute approximate surface area is 185 Å². The molecular formula is C24H25FN4O3. The molecule has 166 valence electrons. The van der Waals surface area contributed by atoms with Gasteiger partial charge in [0.2, 0.25) is 0 Å². The van der Waals surface area contributed by atoms with Crippen LogP contribution in [0.25, 0.3) is 11.4 Å². The summed E-state index contributed by atoms with van der Waals surface area (Å²) in [5.74, 6) is 4.65. The highest BCUT2D eigenvalue weighted by Crippen LogP contribution is 2.55. The van der Waals surface area contributed by atoms with Gasteiger partial charge in [-0.25, -0.2) is 9.37 Å². The number of carbonyl (C=O) groups excluding carboxylic acids is 2. The minimum Gasteiger partial charge on any atom is -0.372 e. The molecule has 2 aliphatic heterocycles. The Morgan fingerprint density at radius 2 is 2.06 bits per heavy atom. The fourth-order valence-electron chi connectivity index (χ4n) is 4.77. The number of aromatic nitrogens is 2. The summed E-state index contributed by atoms with van der Waals surface area (Å²) >= 11 is 0. The van der Waals surface area contributed by atoms with Gasteiger partial charge in [0.25, 0.3) is 11.8 Å². The number of primary amides is 1. The zero-order chi connectivity index (χ0) is 22.7. The number of imidazole rings is 1. The van der Waals surface area contributed by atoms with Crippen LogP contribution in [0, 0.1) is 17.7 Å². The molecule has 2 fully saturated rings. The zero-order valence-electron chi connectivity index (χ0n) is 18.1. The van der Waals surface area contributed by atoms with Crippen LogP contribution in [-0.2, 0) is 4.79 Å². The van der Waals surface area contributed by atoms with Crippen molar-refractivity contribution in [1.82, 2.24) is 14.5 Å². The molecule has 4 aliphatic rings. The largest absolute Gasteiger partial charge is 0.372 e. The van der Waals surface area contributed by atoms with E-state index in [0.29, 0.717) is 18.1 Å². The normalized spacial score (nSPS) is 21.2. The van der Waals surface area contributed by atoms with Crippen LogP contribution in [0.2, 0.25) is 0 Å². The Balaban J connectivity index is 1.61. The Morgan fingerprint density at radius 3 is 2.69 bits per heavy atom. The standard InChI is InChI=1S/C24H25FN4O3/c1-3-28(2)24(32)19(30)7-6-13-10-17-16(11-18(13)25)14-8-15(9-14)29-21(12-4-5-12)20(22(26)31)27-23(17)29/h10-12,14-15,19,30H,3-5,8-9H2,1-2H3,(H2,26,31)/t14?,15?,19-/m1/s1. The van der Waals surface area contributed by atoms with E-state index < -0.39 is 23.7 Å². The van der Waals surface area contributed by atoms with Gasteiger partial charge in [-0.3, -0.25) is 9.59 Å². The van der Waals surface area contributed by atoms with Crippen LogP contribution in [-0.4, -0.2) is 51.1 Å². The molecule has 1 aromatic carbocycles. The van der Waals surface area contributed by atoms with E-state index in [9.17, 15) is 19.1 Å². The second-order valence-corrected chi connectivity index (χ2v) is 8.94. The van der Waals surface area contributed by atoms with Gasteiger partial charge in [0, 0.05) is 31.1 Å². The molecule has 0 spiro atoms. The predicted octanol–water partition coefficient (Wildman–Crippen LogP) is 2.29. The van der Waals surface area contributed by atoms with Gasteiger partial charge in [-0.15, -0.1) is 0 Å². The van der Waals surface area contributed by atoms with E-state index in [1.807, 2.05) is 0 Å². The third-order valence-corrected chi connectivity index (χ3v) is 6.87. The first kappa shape index (κ1) is 20.7. The van der Waals surface area contributed by atoms with Crippen LogP contribution >= 0.6 is 0 Å². The maximum absolute atomic E-state index is 14.9. The molecule has 0 unspecified atom stereocenters. The lowest BCUT2D eigenvalue weighted by molar-refractivity contribution is -0.135. The minimum absolute atomic E-state index is 0.0806. The van der Waals surface area contributed by atoms with Gasteiger partial charge in [-0.2, -0.15) is 0 Å². The average molecular weight is 436 g/mol. The van der Waals surface area contributed by atoms with Crippen LogP contribution in [0.1, 0.15) is 77.8 Å². The molecule has 0 saturated heterocycles. The fourth-order valence-corrected chi connectivity index (χ4v) is 4.77. The SMILES string of the molecule is CCN(C)C(=O)[C@H](O)C#Cc1cc2c(cc1F)C1CC(C1)n1c-2nc(C(N)=O)c1C1CC1. The van der Waals surface area contributed by atoms with Crippen molar-refractivity contribution < 1.29 is 19.1 Å². The fraction of sp³-hybridized carbons (Fsp3) is 0.458. The van der Waals surface area contributed by atoms with Crippen LogP contribution in [0.15, 0.2) is 12.1 Å². The highest BCUT2D eigenvalue weighted by atomic mass is 19.1. The highest BCUT2D eigenvalue weighted by molar-refractivity contribution is 5.93. The molecule has 0 radical (unpaired) electrons. The molecule has 8 heteroatoms. The van der Waals surface area contributed by atoms with E-state index >= 15 is 0 Å². The summed E-state index contributed by atoms with van der Waals surface area (Å²) in [4.78, 5) is 30.2. The van der Waals surface area contributed by atoms with E-state index in [2.05, 4.69) is 21.4 Å². The summed E-state index contributed by atoms with van der Waals surface area (Å²) in [5, 5.41) is 10.1. The lowest BCUT2D eigenvalue weighted by atomic mass is 9.75.